The Kier molecular flexibility index (Phi) is 6.83. The van der Waals surface area contributed by atoms with Crippen LogP contribution in [-0.2, 0) is 13.6 Å². The molecule has 1 heterocycles. The molecule has 0 amide bonds. The Hall–Kier alpha value is -2.39. The van der Waals surface area contributed by atoms with E-state index in [-0.39, 0.29) is 5.78 Å². The average Bonchev–Trinajstić information content (AvgIpc) is 3.04. The Morgan fingerprint density at radius 3 is 2.48 bits per heavy atom. The van der Waals surface area contributed by atoms with E-state index in [0.717, 1.165) is 55.4 Å². The van der Waals surface area contributed by atoms with E-state index in [4.69, 9.17) is 0 Å². The van der Waals surface area contributed by atoms with E-state index >= 15 is 0 Å². The summed E-state index contributed by atoms with van der Waals surface area (Å²) in [7, 11) is 2.01. The molecule has 0 aliphatic heterocycles. The highest BCUT2D eigenvalue weighted by Crippen LogP contribution is 2.22. The van der Waals surface area contributed by atoms with Crippen molar-refractivity contribution < 1.29 is 4.79 Å². The fraction of sp³-hybridized carbons (Fsp3) is 0.375. The summed E-state index contributed by atoms with van der Waals surface area (Å²) in [6.45, 7) is 5.37. The minimum absolute atomic E-state index is 0.267. The number of Topliss-reactive ketones (excluding diaryl/α,β-unsaturated/α-hetero) is 1. The molecule has 0 bridgehead atoms. The second-order valence-electron chi connectivity index (χ2n) is 7.26. The third-order valence-corrected chi connectivity index (χ3v) is 5.27. The zero-order chi connectivity index (χ0) is 19.1. The van der Waals surface area contributed by atoms with Crippen LogP contribution in [0.4, 0.5) is 0 Å². The van der Waals surface area contributed by atoms with Gasteiger partial charge in [0.1, 0.15) is 0 Å². The van der Waals surface area contributed by atoms with Gasteiger partial charge >= 0.3 is 0 Å². The summed E-state index contributed by atoms with van der Waals surface area (Å²) in [6.07, 6.45) is 5.82. The van der Waals surface area contributed by atoms with Crippen molar-refractivity contribution in [1.82, 2.24) is 9.47 Å². The number of carbonyl (C=O) groups excluding carboxylic acids is 1. The largest absolute Gasteiger partial charge is 0.350 e. The van der Waals surface area contributed by atoms with Crippen molar-refractivity contribution in [1.29, 1.82) is 0 Å². The monoisotopic (exact) mass is 362 g/mol. The van der Waals surface area contributed by atoms with Gasteiger partial charge in [-0.2, -0.15) is 0 Å². The lowest BCUT2D eigenvalue weighted by Gasteiger charge is -2.20. The molecule has 3 rings (SSSR count). The number of unbranched alkanes of at least 4 members (excludes halogenated alkanes) is 2. The van der Waals surface area contributed by atoms with Gasteiger partial charge in [0.05, 0.1) is 0 Å². The molecule has 27 heavy (non-hydrogen) atoms. The third kappa shape index (κ3) is 5.08. The van der Waals surface area contributed by atoms with Crippen LogP contribution < -0.4 is 0 Å². The fourth-order valence-corrected chi connectivity index (χ4v) is 3.69. The van der Waals surface area contributed by atoms with Gasteiger partial charge in [0.2, 0.25) is 0 Å². The van der Waals surface area contributed by atoms with Gasteiger partial charge in [-0.05, 0) is 37.6 Å². The first-order valence-corrected chi connectivity index (χ1v) is 10.0. The van der Waals surface area contributed by atoms with Crippen LogP contribution in [0.25, 0.3) is 10.9 Å². The number of aromatic nitrogens is 1. The number of rotatable bonds is 10. The summed E-state index contributed by atoms with van der Waals surface area (Å²) < 4.78 is 2.05. The summed E-state index contributed by atoms with van der Waals surface area (Å²) in [5, 5.41) is 1.07. The van der Waals surface area contributed by atoms with Gasteiger partial charge in [0.15, 0.2) is 5.78 Å². The first-order valence-electron chi connectivity index (χ1n) is 10.0. The minimum Gasteiger partial charge on any atom is -0.350 e. The molecule has 0 fully saturated rings. The van der Waals surface area contributed by atoms with Gasteiger partial charge in [0.25, 0.3) is 0 Å². The van der Waals surface area contributed by atoms with Crippen LogP contribution >= 0.6 is 0 Å². The number of hydrogen-bond acceptors (Lipinski definition) is 2. The van der Waals surface area contributed by atoms with Crippen LogP contribution in [0.1, 0.15) is 48.5 Å². The number of para-hydroxylation sites is 1. The molecule has 1 aromatic heterocycles. The summed E-state index contributed by atoms with van der Waals surface area (Å²) in [4.78, 5) is 15.1. The molecule has 0 spiro atoms. The molecule has 0 aliphatic rings. The number of fused-ring (bicyclic) bond motifs is 1. The number of hydrogen-bond donors (Lipinski definition) is 0. The second-order valence-corrected chi connectivity index (χ2v) is 7.26. The van der Waals surface area contributed by atoms with Crippen molar-refractivity contribution in [2.75, 3.05) is 13.1 Å². The van der Waals surface area contributed by atoms with Crippen LogP contribution in [0.3, 0.4) is 0 Å². The van der Waals surface area contributed by atoms with Crippen LogP contribution in [0.15, 0.2) is 60.8 Å². The van der Waals surface area contributed by atoms with E-state index in [9.17, 15) is 4.79 Å². The second kappa shape index (κ2) is 9.52. The Morgan fingerprint density at radius 2 is 1.70 bits per heavy atom. The fourth-order valence-electron chi connectivity index (χ4n) is 3.69. The molecular weight excluding hydrogens is 332 g/mol. The molecule has 0 saturated carbocycles. The van der Waals surface area contributed by atoms with Crippen LogP contribution in [0.2, 0.25) is 0 Å². The van der Waals surface area contributed by atoms with Gasteiger partial charge in [-0.15, -0.1) is 0 Å². The van der Waals surface area contributed by atoms with E-state index in [0.29, 0.717) is 6.42 Å². The summed E-state index contributed by atoms with van der Waals surface area (Å²) >= 11 is 0. The van der Waals surface area contributed by atoms with Crippen LogP contribution in [-0.4, -0.2) is 28.3 Å². The highest BCUT2D eigenvalue weighted by Gasteiger charge is 2.13. The minimum atomic E-state index is 0.267. The third-order valence-electron chi connectivity index (χ3n) is 5.27. The van der Waals surface area contributed by atoms with Crippen LogP contribution in [0, 0.1) is 0 Å². The van der Waals surface area contributed by atoms with Gasteiger partial charge in [-0.1, -0.05) is 61.9 Å². The normalized spacial score (nSPS) is 11.4. The zero-order valence-corrected chi connectivity index (χ0v) is 16.5. The summed E-state index contributed by atoms with van der Waals surface area (Å²) in [5.74, 6) is 0.267. The lowest BCUT2D eigenvalue weighted by molar-refractivity contribution is 0.0980. The summed E-state index contributed by atoms with van der Waals surface area (Å²) in [5.41, 5.74) is 3.36. The van der Waals surface area contributed by atoms with Crippen molar-refractivity contribution >= 4 is 16.7 Å². The molecule has 3 nitrogen and oxygen atoms in total. The van der Waals surface area contributed by atoms with E-state index in [1.165, 1.54) is 5.56 Å². The van der Waals surface area contributed by atoms with E-state index in [1.807, 2.05) is 36.0 Å². The zero-order valence-electron chi connectivity index (χ0n) is 16.5. The maximum atomic E-state index is 12.6. The molecule has 142 valence electrons. The van der Waals surface area contributed by atoms with Crippen LogP contribution in [0.5, 0.6) is 0 Å². The number of benzene rings is 2. The highest BCUT2D eigenvalue weighted by atomic mass is 16.1. The van der Waals surface area contributed by atoms with E-state index in [2.05, 4.69) is 48.2 Å². The van der Waals surface area contributed by atoms with Crippen molar-refractivity contribution in [3.63, 3.8) is 0 Å². The molecule has 3 heteroatoms. The highest BCUT2D eigenvalue weighted by molar-refractivity contribution is 6.08. The van der Waals surface area contributed by atoms with Gasteiger partial charge in [-0.3, -0.25) is 9.69 Å². The first-order chi connectivity index (χ1) is 13.2. The van der Waals surface area contributed by atoms with Crippen molar-refractivity contribution in [2.24, 2.45) is 7.05 Å². The molecule has 0 atom stereocenters. The maximum absolute atomic E-state index is 12.6. The number of ketones is 1. The van der Waals surface area contributed by atoms with Gasteiger partial charge < -0.3 is 4.57 Å². The molecule has 0 radical (unpaired) electrons. The van der Waals surface area contributed by atoms with Crippen molar-refractivity contribution in [3.8, 4) is 0 Å². The predicted molar refractivity (Wildman–Crippen MR) is 113 cm³/mol. The molecule has 2 aromatic carbocycles. The maximum Gasteiger partial charge on any atom is 0.165 e. The van der Waals surface area contributed by atoms with E-state index in [1.54, 1.807) is 0 Å². The average molecular weight is 363 g/mol. The van der Waals surface area contributed by atoms with Gasteiger partial charge in [0, 0.05) is 42.7 Å². The molecule has 0 unspecified atom stereocenters. The molecular formula is C24H30N2O. The van der Waals surface area contributed by atoms with Crippen molar-refractivity contribution in [3.05, 3.63) is 71.9 Å². The lowest BCUT2D eigenvalue weighted by Crippen LogP contribution is -2.24. The summed E-state index contributed by atoms with van der Waals surface area (Å²) in [6, 6.07) is 18.8. The van der Waals surface area contributed by atoms with E-state index < -0.39 is 0 Å². The standard InChI is InChI=1S/C24H30N2O/c1-3-26(18-20-12-6-4-7-13-20)17-11-5-8-16-24(27)22-19-25(2)23-15-10-9-14-21(22)23/h4,6-7,9-10,12-15,19H,3,5,8,11,16-18H2,1-2H3. The Labute approximate surface area is 162 Å². The number of nitrogens with zero attached hydrogens (tertiary/aromatic N) is 2. The number of carbonyl (C=O) groups is 1. The van der Waals surface area contributed by atoms with Gasteiger partial charge in [-0.25, -0.2) is 0 Å². The first kappa shape index (κ1) is 19.4. The van der Waals surface area contributed by atoms with Crippen molar-refractivity contribution in [2.45, 2.75) is 39.2 Å². The smallest absolute Gasteiger partial charge is 0.165 e. The molecule has 0 aliphatic carbocycles. The Morgan fingerprint density at radius 1 is 0.963 bits per heavy atom. The topological polar surface area (TPSA) is 25.2 Å². The molecule has 0 saturated heterocycles. The Balaban J connectivity index is 1.43. The molecule has 0 N–H and O–H groups in total. The lowest BCUT2D eigenvalue weighted by atomic mass is 10.0. The predicted octanol–water partition coefficient (Wildman–Crippen LogP) is 5.44. The molecule has 3 aromatic rings. The quantitative estimate of drug-likeness (QED) is 0.354. The number of aryl methyl sites for hydroxylation is 1. The Bertz CT molecular complexity index is 866. The SMILES string of the molecule is CCN(CCCCCC(=O)c1cn(C)c2ccccc12)Cc1ccccc1.